The highest BCUT2D eigenvalue weighted by molar-refractivity contribution is 5.93. The summed E-state index contributed by atoms with van der Waals surface area (Å²) in [6.07, 6.45) is 1.57. The number of aromatic nitrogens is 2. The van der Waals surface area contributed by atoms with Gasteiger partial charge in [-0.15, -0.1) is 0 Å². The van der Waals surface area contributed by atoms with Crippen molar-refractivity contribution in [2.45, 2.75) is 13.5 Å². The predicted molar refractivity (Wildman–Crippen MR) is 43.7 cm³/mol. The highest BCUT2D eigenvalue weighted by Crippen LogP contribution is 2.09. The molecule has 1 aromatic rings. The molecule has 1 rings (SSSR count). The molecule has 0 amide bonds. The van der Waals surface area contributed by atoms with E-state index in [1.807, 2.05) is 6.92 Å². The molecule has 0 saturated carbocycles. The number of carbonyl (C=O) groups is 1. The molecule has 1 heterocycles. The Morgan fingerprint density at radius 3 is 2.92 bits per heavy atom. The van der Waals surface area contributed by atoms with Gasteiger partial charge in [-0.3, -0.25) is 4.68 Å². The van der Waals surface area contributed by atoms with Crippen molar-refractivity contribution in [1.29, 1.82) is 0 Å². The minimum absolute atomic E-state index is 0.212. The first-order chi connectivity index (χ1) is 5.69. The van der Waals surface area contributed by atoms with Gasteiger partial charge in [-0.05, 0) is 6.92 Å². The standard InChI is InChI=1S/C7H11N3O2/c1-3-10-4-5(6(8)9-10)7(11)12-2/h4H,3H2,1-2H3,(H2,8,9). The molecule has 12 heavy (non-hydrogen) atoms. The number of rotatable bonds is 2. The quantitative estimate of drug-likeness (QED) is 0.645. The number of nitrogens with two attached hydrogens (primary N) is 1. The number of nitrogen functional groups attached to an aromatic ring is 1. The summed E-state index contributed by atoms with van der Waals surface area (Å²) in [5.41, 5.74) is 5.78. The number of esters is 1. The molecule has 0 spiro atoms. The molecular formula is C7H11N3O2. The van der Waals surface area contributed by atoms with Crippen molar-refractivity contribution in [1.82, 2.24) is 9.78 Å². The van der Waals surface area contributed by atoms with Gasteiger partial charge in [0.15, 0.2) is 5.82 Å². The fraction of sp³-hybridized carbons (Fsp3) is 0.429. The second-order valence-corrected chi connectivity index (χ2v) is 2.28. The summed E-state index contributed by atoms with van der Waals surface area (Å²) in [6.45, 7) is 2.59. The van der Waals surface area contributed by atoms with E-state index in [0.717, 1.165) is 0 Å². The molecule has 2 N–H and O–H groups in total. The van der Waals surface area contributed by atoms with E-state index in [4.69, 9.17) is 5.73 Å². The van der Waals surface area contributed by atoms with Gasteiger partial charge in [0, 0.05) is 12.7 Å². The van der Waals surface area contributed by atoms with Crippen molar-refractivity contribution < 1.29 is 9.53 Å². The average molecular weight is 169 g/mol. The molecule has 1 aromatic heterocycles. The van der Waals surface area contributed by atoms with E-state index < -0.39 is 5.97 Å². The maximum atomic E-state index is 11.0. The van der Waals surface area contributed by atoms with Crippen LogP contribution in [-0.2, 0) is 11.3 Å². The minimum Gasteiger partial charge on any atom is -0.465 e. The van der Waals surface area contributed by atoms with E-state index >= 15 is 0 Å². The summed E-state index contributed by atoms with van der Waals surface area (Å²) >= 11 is 0. The van der Waals surface area contributed by atoms with Crippen molar-refractivity contribution in [3.8, 4) is 0 Å². The molecule has 0 bridgehead atoms. The largest absolute Gasteiger partial charge is 0.465 e. The lowest BCUT2D eigenvalue weighted by Crippen LogP contribution is -2.02. The Bertz CT molecular complexity index is 293. The molecule has 0 aliphatic heterocycles. The predicted octanol–water partition coefficient (Wildman–Crippen LogP) is 0.272. The SMILES string of the molecule is CCn1cc(C(=O)OC)c(N)n1. The van der Waals surface area contributed by atoms with E-state index in [-0.39, 0.29) is 5.82 Å². The fourth-order valence-corrected chi connectivity index (χ4v) is 0.866. The van der Waals surface area contributed by atoms with Crippen LogP contribution in [0.25, 0.3) is 0 Å². The molecule has 5 heteroatoms. The lowest BCUT2D eigenvalue weighted by Gasteiger charge is -1.93. The van der Waals surface area contributed by atoms with Crippen LogP contribution in [0.2, 0.25) is 0 Å². The summed E-state index contributed by atoms with van der Waals surface area (Å²) < 4.78 is 6.09. The molecule has 0 atom stereocenters. The van der Waals surface area contributed by atoms with Gasteiger partial charge in [0.1, 0.15) is 5.56 Å². The monoisotopic (exact) mass is 169 g/mol. The molecule has 0 aliphatic carbocycles. The molecule has 0 aliphatic rings. The molecule has 0 fully saturated rings. The number of aryl methyl sites for hydroxylation is 1. The zero-order valence-corrected chi connectivity index (χ0v) is 7.07. The topological polar surface area (TPSA) is 70.1 Å². The highest BCUT2D eigenvalue weighted by atomic mass is 16.5. The van der Waals surface area contributed by atoms with Gasteiger partial charge >= 0.3 is 5.97 Å². The van der Waals surface area contributed by atoms with E-state index in [1.165, 1.54) is 7.11 Å². The van der Waals surface area contributed by atoms with Gasteiger partial charge in [0.05, 0.1) is 7.11 Å². The summed E-state index contributed by atoms with van der Waals surface area (Å²) in [4.78, 5) is 11.0. The van der Waals surface area contributed by atoms with Crippen LogP contribution in [0.3, 0.4) is 0 Å². The lowest BCUT2D eigenvalue weighted by atomic mass is 10.3. The summed E-state index contributed by atoms with van der Waals surface area (Å²) in [5.74, 6) is -0.240. The number of carbonyl (C=O) groups excluding carboxylic acids is 1. The maximum absolute atomic E-state index is 11.0. The van der Waals surface area contributed by atoms with E-state index in [2.05, 4.69) is 9.84 Å². The number of hydrogen-bond donors (Lipinski definition) is 1. The van der Waals surface area contributed by atoms with Crippen molar-refractivity contribution in [2.75, 3.05) is 12.8 Å². The van der Waals surface area contributed by atoms with Crippen molar-refractivity contribution in [3.63, 3.8) is 0 Å². The van der Waals surface area contributed by atoms with Crippen LogP contribution in [-0.4, -0.2) is 22.9 Å². The molecular weight excluding hydrogens is 158 g/mol. The molecule has 0 saturated heterocycles. The Kier molecular flexibility index (Phi) is 2.32. The Labute approximate surface area is 70.1 Å². The first-order valence-electron chi connectivity index (χ1n) is 3.60. The Morgan fingerprint density at radius 2 is 2.50 bits per heavy atom. The van der Waals surface area contributed by atoms with Crippen LogP contribution in [0.1, 0.15) is 17.3 Å². The van der Waals surface area contributed by atoms with E-state index in [0.29, 0.717) is 12.1 Å². The van der Waals surface area contributed by atoms with E-state index in [9.17, 15) is 4.79 Å². The number of anilines is 1. The van der Waals surface area contributed by atoms with Gasteiger partial charge in [-0.25, -0.2) is 4.79 Å². The lowest BCUT2D eigenvalue weighted by molar-refractivity contribution is 0.0602. The number of hydrogen-bond acceptors (Lipinski definition) is 4. The molecule has 0 radical (unpaired) electrons. The Morgan fingerprint density at radius 1 is 1.83 bits per heavy atom. The second-order valence-electron chi connectivity index (χ2n) is 2.28. The van der Waals surface area contributed by atoms with Crippen molar-refractivity contribution in [2.24, 2.45) is 0 Å². The van der Waals surface area contributed by atoms with Crippen LogP contribution in [0.15, 0.2) is 6.20 Å². The van der Waals surface area contributed by atoms with Crippen molar-refractivity contribution in [3.05, 3.63) is 11.8 Å². The van der Waals surface area contributed by atoms with Crippen LogP contribution in [0.5, 0.6) is 0 Å². The minimum atomic E-state index is -0.452. The Balaban J connectivity index is 2.99. The maximum Gasteiger partial charge on any atom is 0.343 e. The van der Waals surface area contributed by atoms with Gasteiger partial charge < -0.3 is 10.5 Å². The molecule has 0 unspecified atom stereocenters. The van der Waals surface area contributed by atoms with Crippen LogP contribution < -0.4 is 5.73 Å². The first kappa shape index (κ1) is 8.58. The van der Waals surface area contributed by atoms with Crippen LogP contribution in [0, 0.1) is 0 Å². The third-order valence-electron chi connectivity index (χ3n) is 1.52. The van der Waals surface area contributed by atoms with E-state index in [1.54, 1.807) is 10.9 Å². The van der Waals surface area contributed by atoms with Gasteiger partial charge in [-0.2, -0.15) is 5.10 Å². The first-order valence-corrected chi connectivity index (χ1v) is 3.60. The number of nitrogens with zero attached hydrogens (tertiary/aromatic N) is 2. The smallest absolute Gasteiger partial charge is 0.343 e. The summed E-state index contributed by atoms with van der Waals surface area (Å²) in [7, 11) is 1.31. The number of ether oxygens (including phenoxy) is 1. The van der Waals surface area contributed by atoms with Gasteiger partial charge in [0.25, 0.3) is 0 Å². The average Bonchev–Trinajstić information content (AvgIpc) is 2.45. The Hall–Kier alpha value is -1.52. The van der Waals surface area contributed by atoms with Gasteiger partial charge in [0.2, 0.25) is 0 Å². The van der Waals surface area contributed by atoms with Crippen LogP contribution >= 0.6 is 0 Å². The van der Waals surface area contributed by atoms with Crippen LogP contribution in [0.4, 0.5) is 5.82 Å². The fourth-order valence-electron chi connectivity index (χ4n) is 0.866. The second kappa shape index (κ2) is 3.25. The third-order valence-corrected chi connectivity index (χ3v) is 1.52. The zero-order chi connectivity index (χ0) is 9.14. The van der Waals surface area contributed by atoms with Crippen molar-refractivity contribution >= 4 is 11.8 Å². The normalized spacial score (nSPS) is 9.83. The highest BCUT2D eigenvalue weighted by Gasteiger charge is 2.13. The molecule has 0 aromatic carbocycles. The summed E-state index contributed by atoms with van der Waals surface area (Å²) in [5, 5.41) is 3.89. The summed E-state index contributed by atoms with van der Waals surface area (Å²) in [6, 6.07) is 0. The third kappa shape index (κ3) is 1.39. The number of methoxy groups -OCH3 is 1. The van der Waals surface area contributed by atoms with Gasteiger partial charge in [-0.1, -0.05) is 0 Å². The molecule has 5 nitrogen and oxygen atoms in total. The zero-order valence-electron chi connectivity index (χ0n) is 7.07. The molecule has 66 valence electrons.